The number of hydrogen-bond donors (Lipinski definition) is 0. The number of carbonyl (C=O) groups is 2. The van der Waals surface area contributed by atoms with Gasteiger partial charge in [-0.3, -0.25) is 9.59 Å². The molecule has 0 aromatic carbocycles. The molecule has 0 N–H and O–H groups in total. The van der Waals surface area contributed by atoms with Crippen LogP contribution < -0.4 is 0 Å². The molecular weight excluding hydrogens is 376 g/mol. The first-order valence-corrected chi connectivity index (χ1v) is 12.5. The van der Waals surface area contributed by atoms with E-state index in [4.69, 9.17) is 9.47 Å². The number of unbranched alkanes of at least 4 members (excludes halogenated alkanes) is 2. The SMILES string of the molecule is CCCCC(CC)COC(=O)[C@@H]1CC[C@](C)(C(=O)OCC(CC)CCCC)C1(C)C. The van der Waals surface area contributed by atoms with Crippen LogP contribution in [0.5, 0.6) is 0 Å². The standard InChI is InChI=1S/C26H48O4/c1-8-12-14-20(10-3)18-29-23(27)22-16-17-26(7,25(22,5)6)24(28)30-19-21(11-4)15-13-9-2/h20-22H,8-19H2,1-7H3/t20?,21?,22-,26+/m0/s1. The molecule has 0 bridgehead atoms. The summed E-state index contributed by atoms with van der Waals surface area (Å²) in [5.74, 6) is 0.328. The van der Waals surface area contributed by atoms with Crippen molar-refractivity contribution < 1.29 is 19.1 Å². The van der Waals surface area contributed by atoms with Gasteiger partial charge in [-0.2, -0.15) is 0 Å². The highest BCUT2D eigenvalue weighted by molar-refractivity contribution is 5.82. The molecule has 0 amide bonds. The van der Waals surface area contributed by atoms with Crippen molar-refractivity contribution in [2.24, 2.45) is 28.6 Å². The first-order chi connectivity index (χ1) is 14.2. The van der Waals surface area contributed by atoms with Gasteiger partial charge in [0.2, 0.25) is 0 Å². The van der Waals surface area contributed by atoms with E-state index in [1.807, 2.05) is 20.8 Å². The average molecular weight is 425 g/mol. The molecule has 4 heteroatoms. The van der Waals surface area contributed by atoms with Gasteiger partial charge in [-0.25, -0.2) is 0 Å². The largest absolute Gasteiger partial charge is 0.465 e. The van der Waals surface area contributed by atoms with Gasteiger partial charge in [0.1, 0.15) is 0 Å². The van der Waals surface area contributed by atoms with Crippen LogP contribution in [0.1, 0.15) is 113 Å². The normalized spacial score (nSPS) is 25.0. The molecule has 1 rings (SSSR count). The van der Waals surface area contributed by atoms with Crippen molar-refractivity contribution >= 4 is 11.9 Å². The smallest absolute Gasteiger partial charge is 0.312 e. The molecule has 4 nitrogen and oxygen atoms in total. The van der Waals surface area contributed by atoms with Gasteiger partial charge >= 0.3 is 11.9 Å². The van der Waals surface area contributed by atoms with Gasteiger partial charge in [0.05, 0.1) is 24.5 Å². The Morgan fingerprint density at radius 1 is 0.867 bits per heavy atom. The summed E-state index contributed by atoms with van der Waals surface area (Å²) in [4.78, 5) is 26.0. The van der Waals surface area contributed by atoms with E-state index in [-0.39, 0.29) is 17.9 Å². The molecule has 0 heterocycles. The molecule has 1 aliphatic carbocycles. The van der Waals surface area contributed by atoms with Gasteiger partial charge in [-0.15, -0.1) is 0 Å². The van der Waals surface area contributed by atoms with Gasteiger partial charge < -0.3 is 9.47 Å². The second-order valence-corrected chi connectivity index (χ2v) is 10.2. The molecule has 1 saturated carbocycles. The third-order valence-electron chi connectivity index (χ3n) is 7.96. The van der Waals surface area contributed by atoms with Gasteiger partial charge in [0.15, 0.2) is 0 Å². The third kappa shape index (κ3) is 6.72. The molecule has 176 valence electrons. The van der Waals surface area contributed by atoms with Crippen LogP contribution in [-0.4, -0.2) is 25.2 Å². The van der Waals surface area contributed by atoms with Crippen molar-refractivity contribution in [1.29, 1.82) is 0 Å². The Morgan fingerprint density at radius 2 is 1.37 bits per heavy atom. The van der Waals surface area contributed by atoms with Crippen LogP contribution in [0, 0.1) is 28.6 Å². The Morgan fingerprint density at radius 3 is 1.83 bits per heavy atom. The summed E-state index contributed by atoms with van der Waals surface area (Å²) in [6.07, 6.45) is 10.3. The molecule has 0 aliphatic heterocycles. The van der Waals surface area contributed by atoms with Crippen molar-refractivity contribution in [3.8, 4) is 0 Å². The average Bonchev–Trinajstić information content (AvgIpc) is 2.97. The van der Waals surface area contributed by atoms with Gasteiger partial charge in [0.25, 0.3) is 0 Å². The number of carbonyl (C=O) groups excluding carboxylic acids is 2. The fourth-order valence-electron chi connectivity index (χ4n) is 4.73. The lowest BCUT2D eigenvalue weighted by atomic mass is 9.65. The molecule has 0 saturated heterocycles. The second-order valence-electron chi connectivity index (χ2n) is 10.2. The van der Waals surface area contributed by atoms with Crippen molar-refractivity contribution in [3.63, 3.8) is 0 Å². The van der Waals surface area contributed by atoms with Crippen molar-refractivity contribution in [3.05, 3.63) is 0 Å². The molecule has 0 aromatic rings. The van der Waals surface area contributed by atoms with Crippen LogP contribution in [0.15, 0.2) is 0 Å². The van der Waals surface area contributed by atoms with Crippen LogP contribution in [0.4, 0.5) is 0 Å². The highest BCUT2D eigenvalue weighted by Gasteiger charge is 2.59. The van der Waals surface area contributed by atoms with Crippen LogP contribution in [0.3, 0.4) is 0 Å². The highest BCUT2D eigenvalue weighted by atomic mass is 16.5. The van der Waals surface area contributed by atoms with E-state index in [0.717, 1.165) is 38.5 Å². The topological polar surface area (TPSA) is 52.6 Å². The zero-order valence-electron chi connectivity index (χ0n) is 20.9. The second kappa shape index (κ2) is 12.7. The molecule has 1 fully saturated rings. The molecule has 1 aliphatic rings. The number of rotatable bonds is 14. The lowest BCUT2D eigenvalue weighted by Gasteiger charge is -2.39. The minimum atomic E-state index is -0.647. The third-order valence-corrected chi connectivity index (χ3v) is 7.96. The summed E-state index contributed by atoms with van der Waals surface area (Å²) in [7, 11) is 0. The summed E-state index contributed by atoms with van der Waals surface area (Å²) >= 11 is 0. The molecule has 4 atom stereocenters. The summed E-state index contributed by atoms with van der Waals surface area (Å²) < 4.78 is 11.6. The van der Waals surface area contributed by atoms with E-state index in [1.54, 1.807) is 0 Å². The van der Waals surface area contributed by atoms with E-state index in [9.17, 15) is 9.59 Å². The lowest BCUT2D eigenvalue weighted by molar-refractivity contribution is -0.166. The van der Waals surface area contributed by atoms with E-state index < -0.39 is 10.8 Å². The Balaban J connectivity index is 2.69. The highest BCUT2D eigenvalue weighted by Crippen LogP contribution is 2.57. The van der Waals surface area contributed by atoms with Crippen LogP contribution in [0.2, 0.25) is 0 Å². The fraction of sp³-hybridized carbons (Fsp3) is 0.923. The van der Waals surface area contributed by atoms with Crippen molar-refractivity contribution in [2.45, 2.75) is 113 Å². The summed E-state index contributed by atoms with van der Waals surface area (Å²) in [6, 6.07) is 0. The number of esters is 2. The van der Waals surface area contributed by atoms with Gasteiger partial charge in [-0.1, -0.05) is 80.1 Å². The van der Waals surface area contributed by atoms with Crippen molar-refractivity contribution in [2.75, 3.05) is 13.2 Å². The van der Waals surface area contributed by atoms with Gasteiger partial charge in [-0.05, 0) is 49.9 Å². The minimum Gasteiger partial charge on any atom is -0.465 e. The van der Waals surface area contributed by atoms with Crippen LogP contribution in [0.25, 0.3) is 0 Å². The van der Waals surface area contributed by atoms with E-state index in [0.29, 0.717) is 37.9 Å². The maximum atomic E-state index is 13.1. The fourth-order valence-corrected chi connectivity index (χ4v) is 4.73. The minimum absolute atomic E-state index is 0.138. The lowest BCUT2D eigenvalue weighted by Crippen LogP contribution is -2.44. The molecule has 0 aromatic heterocycles. The van der Waals surface area contributed by atoms with E-state index in [1.165, 1.54) is 12.8 Å². The molecular formula is C26H48O4. The summed E-state index contributed by atoms with van der Waals surface area (Å²) in [5.41, 5.74) is -1.12. The van der Waals surface area contributed by atoms with Crippen LogP contribution >= 0.6 is 0 Å². The van der Waals surface area contributed by atoms with E-state index >= 15 is 0 Å². The Labute approximate surface area is 185 Å². The predicted octanol–water partition coefficient (Wildman–Crippen LogP) is 6.95. The van der Waals surface area contributed by atoms with Crippen molar-refractivity contribution in [1.82, 2.24) is 0 Å². The number of ether oxygens (including phenoxy) is 2. The summed E-state index contributed by atoms with van der Waals surface area (Å²) in [5, 5.41) is 0. The molecule has 2 unspecified atom stereocenters. The van der Waals surface area contributed by atoms with Crippen LogP contribution in [-0.2, 0) is 19.1 Å². The zero-order valence-corrected chi connectivity index (χ0v) is 20.9. The maximum absolute atomic E-state index is 13.1. The monoisotopic (exact) mass is 424 g/mol. The first kappa shape index (κ1) is 27.0. The summed E-state index contributed by atoms with van der Waals surface area (Å²) in [6.45, 7) is 15.7. The molecule has 0 spiro atoms. The number of hydrogen-bond acceptors (Lipinski definition) is 4. The predicted molar refractivity (Wildman–Crippen MR) is 123 cm³/mol. The Hall–Kier alpha value is -1.06. The zero-order chi connectivity index (χ0) is 22.8. The van der Waals surface area contributed by atoms with E-state index in [2.05, 4.69) is 27.7 Å². The molecule has 0 radical (unpaired) electrons. The maximum Gasteiger partial charge on any atom is 0.312 e. The quantitative estimate of drug-likeness (QED) is 0.283. The molecule has 30 heavy (non-hydrogen) atoms. The first-order valence-electron chi connectivity index (χ1n) is 12.5. The Bertz CT molecular complexity index is 527. The van der Waals surface area contributed by atoms with Gasteiger partial charge in [0, 0.05) is 0 Å². The Kier molecular flexibility index (Phi) is 11.4.